The molecule has 0 aromatic heterocycles. The van der Waals surface area contributed by atoms with Gasteiger partial charge in [0.25, 0.3) is 0 Å². The van der Waals surface area contributed by atoms with Crippen molar-refractivity contribution in [1.82, 2.24) is 0 Å². The first-order chi connectivity index (χ1) is 5.54. The number of hydrogen-bond donors (Lipinski definition) is 4. The van der Waals surface area contributed by atoms with Crippen molar-refractivity contribution in [2.24, 2.45) is 11.5 Å². The summed E-state index contributed by atoms with van der Waals surface area (Å²) in [4.78, 5) is 18.5. The Hall–Kier alpha value is -0.756. The molecule has 0 saturated heterocycles. The molecule has 0 heterocycles. The van der Waals surface area contributed by atoms with Crippen molar-refractivity contribution < 1.29 is 40.8 Å². The molecule has 6 N–H and O–H groups in total. The maximum atomic E-state index is 9.24. The van der Waals surface area contributed by atoms with E-state index in [1.807, 2.05) is 0 Å². The van der Waals surface area contributed by atoms with E-state index >= 15 is 0 Å². The van der Waals surface area contributed by atoms with Crippen molar-refractivity contribution in [2.45, 2.75) is 0 Å². The van der Waals surface area contributed by atoms with Crippen LogP contribution in [0.3, 0.4) is 0 Å². The van der Waals surface area contributed by atoms with E-state index in [9.17, 15) is 9.59 Å². The third kappa shape index (κ3) is 59.7. The zero-order valence-corrected chi connectivity index (χ0v) is 7.53. The van der Waals surface area contributed by atoms with Gasteiger partial charge in [-0.3, -0.25) is 9.59 Å². The van der Waals surface area contributed by atoms with Crippen molar-refractivity contribution in [2.75, 3.05) is 13.1 Å². The van der Waals surface area contributed by atoms with Crippen LogP contribution in [0.25, 0.3) is 0 Å². The fourth-order valence-corrected chi connectivity index (χ4v) is 0. The average Bonchev–Trinajstić information content (AvgIpc) is 2.09. The minimum absolute atomic E-state index is 0.278. The molecule has 0 unspecified atom stereocenters. The van der Waals surface area contributed by atoms with Crippen molar-refractivity contribution in [3.05, 3.63) is 0 Å². The Bertz CT molecular complexity index is 117. The number of carbonyl (C=O) groups is 2. The summed E-state index contributed by atoms with van der Waals surface area (Å²) in [5.74, 6) is -1.94. The van der Waals surface area contributed by atoms with Crippen molar-refractivity contribution in [3.8, 4) is 0 Å². The molecule has 0 aliphatic heterocycles. The molecule has 0 radical (unpaired) electrons. The third-order valence-electron chi connectivity index (χ3n) is 0.349. The molecule has 0 fully saturated rings. The van der Waals surface area contributed by atoms with E-state index in [4.69, 9.17) is 13.9 Å². The molecule has 12 heavy (non-hydrogen) atoms. The normalized spacial score (nSPS) is 6.42. The van der Waals surface area contributed by atoms with Gasteiger partial charge in [-0.1, -0.05) is 0 Å². The number of nitrogens with two attached hydrogens (primary N) is 2. The quantitative estimate of drug-likeness (QED) is 0.416. The molecule has 0 bridgehead atoms. The predicted molar refractivity (Wildman–Crippen MR) is 34.1 cm³/mol. The van der Waals surface area contributed by atoms with E-state index < -0.39 is 11.9 Å². The minimum atomic E-state index is -0.968. The van der Waals surface area contributed by atoms with Gasteiger partial charge >= 0.3 is 33.0 Å². The average molecular weight is 217 g/mol. The Morgan fingerprint density at radius 1 is 1.00 bits per heavy atom. The van der Waals surface area contributed by atoms with E-state index in [1.54, 1.807) is 0 Å². The molecule has 7 nitrogen and oxygen atoms in total. The summed E-state index contributed by atoms with van der Waals surface area (Å²) in [5.41, 5.74) is 9.14. The Morgan fingerprint density at radius 2 is 1.08 bits per heavy atom. The standard InChI is InChI=1S/2C2H5NO2.O.V/c2*3-1-2(4)5;;/h2*1,3H2,(H,4,5);;. The molecular weight excluding hydrogens is 207 g/mol. The van der Waals surface area contributed by atoms with Crippen LogP contribution in [0.1, 0.15) is 0 Å². The second-order valence-corrected chi connectivity index (χ2v) is 1.20. The number of carboxylic acids is 2. The third-order valence-corrected chi connectivity index (χ3v) is 0.349. The molecule has 0 spiro atoms. The summed E-state index contributed by atoms with van der Waals surface area (Å²) in [6.45, 7) is -0.556. The van der Waals surface area contributed by atoms with E-state index in [-0.39, 0.29) is 13.1 Å². The maximum absolute atomic E-state index is 9.24. The van der Waals surface area contributed by atoms with E-state index in [2.05, 4.69) is 11.5 Å². The number of aliphatic carboxylic acids is 2. The van der Waals surface area contributed by atoms with Crippen molar-refractivity contribution in [3.63, 3.8) is 0 Å². The van der Waals surface area contributed by atoms with Crippen LogP contribution in [0, 0.1) is 0 Å². The zero-order chi connectivity index (χ0) is 10.6. The van der Waals surface area contributed by atoms with Crippen LogP contribution in [0.4, 0.5) is 0 Å². The second kappa shape index (κ2) is 16.7. The van der Waals surface area contributed by atoms with Crippen LogP contribution in [0.5, 0.6) is 0 Å². The summed E-state index contributed by atoms with van der Waals surface area (Å²) < 4.78 is 8.19. The van der Waals surface area contributed by atoms with E-state index in [0.717, 1.165) is 17.4 Å². The molecule has 0 aliphatic rings. The molecular formula is C4H10N2O5V. The van der Waals surface area contributed by atoms with Gasteiger partial charge in [-0.25, -0.2) is 0 Å². The predicted octanol–water partition coefficient (Wildman–Crippen LogP) is -2.06. The van der Waals surface area contributed by atoms with Gasteiger partial charge in [-0.05, 0) is 0 Å². The van der Waals surface area contributed by atoms with Gasteiger partial charge in [-0.2, -0.15) is 0 Å². The summed E-state index contributed by atoms with van der Waals surface area (Å²) in [5, 5.41) is 15.2. The Labute approximate surface area is 77.9 Å². The van der Waals surface area contributed by atoms with Gasteiger partial charge in [0.1, 0.15) is 0 Å². The topological polar surface area (TPSA) is 144 Å². The Kier molecular flexibility index (Phi) is 24.1. The Balaban J connectivity index is -0.000000112. The Morgan fingerprint density at radius 3 is 1.08 bits per heavy atom. The van der Waals surface area contributed by atoms with Gasteiger partial charge in [0.15, 0.2) is 0 Å². The first-order valence-electron chi connectivity index (χ1n) is 2.56. The van der Waals surface area contributed by atoms with Crippen LogP contribution in [-0.4, -0.2) is 35.2 Å². The SMILES string of the molecule is NCC(=O)O.NCC(=O)O.[O]=[V]. The molecule has 0 saturated carbocycles. The van der Waals surface area contributed by atoms with Gasteiger partial charge < -0.3 is 21.7 Å². The molecule has 0 atom stereocenters. The van der Waals surface area contributed by atoms with E-state index in [0.29, 0.717) is 0 Å². The van der Waals surface area contributed by atoms with Gasteiger partial charge in [-0.15, -0.1) is 0 Å². The molecule has 0 aromatic carbocycles. The first-order valence-corrected chi connectivity index (χ1v) is 3.13. The molecule has 0 amide bonds. The van der Waals surface area contributed by atoms with Crippen molar-refractivity contribution in [1.29, 1.82) is 0 Å². The molecule has 71 valence electrons. The monoisotopic (exact) mass is 217 g/mol. The summed E-state index contributed by atoms with van der Waals surface area (Å²) in [7, 11) is 0. The number of hydrogen-bond acceptors (Lipinski definition) is 5. The van der Waals surface area contributed by atoms with Crippen LogP contribution in [0.15, 0.2) is 0 Å². The second-order valence-electron chi connectivity index (χ2n) is 1.20. The van der Waals surface area contributed by atoms with Crippen LogP contribution in [0.2, 0.25) is 0 Å². The molecule has 0 aromatic rings. The molecule has 0 aliphatic carbocycles. The molecule has 0 rings (SSSR count). The van der Waals surface area contributed by atoms with Crippen LogP contribution < -0.4 is 11.5 Å². The number of rotatable bonds is 2. The fourth-order valence-electron chi connectivity index (χ4n) is 0. The van der Waals surface area contributed by atoms with Gasteiger partial charge in [0, 0.05) is 0 Å². The van der Waals surface area contributed by atoms with Gasteiger partial charge in [0.05, 0.1) is 13.1 Å². The summed E-state index contributed by atoms with van der Waals surface area (Å²) in [6.07, 6.45) is 0. The number of carboxylic acid groups (broad SMARTS) is 2. The first kappa shape index (κ1) is 17.4. The zero-order valence-electron chi connectivity index (χ0n) is 6.14. The van der Waals surface area contributed by atoms with Crippen LogP contribution in [-0.2, 0) is 30.6 Å². The van der Waals surface area contributed by atoms with E-state index in [1.165, 1.54) is 0 Å². The summed E-state index contributed by atoms with van der Waals surface area (Å²) >= 11 is 1.06. The van der Waals surface area contributed by atoms with Crippen LogP contribution >= 0.6 is 0 Å². The van der Waals surface area contributed by atoms with Gasteiger partial charge in [0.2, 0.25) is 0 Å². The fraction of sp³-hybridized carbons (Fsp3) is 0.500. The molecule has 8 heteroatoms. The van der Waals surface area contributed by atoms with Crippen molar-refractivity contribution >= 4 is 11.9 Å². The summed E-state index contributed by atoms with van der Waals surface area (Å²) in [6, 6.07) is 0.